The zero-order chi connectivity index (χ0) is 18.3. The number of hydrogen-bond donors (Lipinski definition) is 1. The number of nitrogens with one attached hydrogen (secondary N) is 1. The monoisotopic (exact) mass is 368 g/mol. The van der Waals surface area contributed by atoms with Crippen LogP contribution in [0.2, 0.25) is 5.02 Å². The second-order valence-electron chi connectivity index (χ2n) is 7.72. The molecule has 4 heteroatoms. The lowest BCUT2D eigenvalue weighted by molar-refractivity contribution is 0.0837. The van der Waals surface area contributed by atoms with Gasteiger partial charge in [-0.25, -0.2) is 0 Å². The second-order valence-corrected chi connectivity index (χ2v) is 8.16. The molecule has 2 fully saturated rings. The number of halogens is 1. The maximum atomic E-state index is 13.1. The molecule has 2 saturated heterocycles. The number of fused-ring (bicyclic) bond motifs is 2. The van der Waals surface area contributed by atoms with Crippen molar-refractivity contribution in [3.8, 4) is 0 Å². The molecule has 2 bridgehead atoms. The molecule has 4 rings (SSSR count). The fourth-order valence-corrected chi connectivity index (χ4v) is 5.19. The van der Waals surface area contributed by atoms with Crippen LogP contribution in [0.1, 0.15) is 53.2 Å². The van der Waals surface area contributed by atoms with E-state index >= 15 is 0 Å². The summed E-state index contributed by atoms with van der Waals surface area (Å²) in [6.45, 7) is 1.93. The number of aryl methyl sites for hydroxylation is 1. The molecule has 2 heterocycles. The number of carbonyl (C=O) groups is 1. The van der Waals surface area contributed by atoms with Gasteiger partial charge in [-0.2, -0.15) is 0 Å². The Morgan fingerprint density at radius 3 is 2.46 bits per heavy atom. The Hall–Kier alpha value is -1.84. The summed E-state index contributed by atoms with van der Waals surface area (Å²) < 4.78 is 0. The van der Waals surface area contributed by atoms with Crippen LogP contribution in [0.5, 0.6) is 0 Å². The van der Waals surface area contributed by atoms with Gasteiger partial charge in [-0.15, -0.1) is 0 Å². The summed E-state index contributed by atoms with van der Waals surface area (Å²) in [7, 11) is 2.22. The third kappa shape index (κ3) is 2.83. The summed E-state index contributed by atoms with van der Waals surface area (Å²) in [6.07, 6.45) is 4.70. The minimum atomic E-state index is -0.0221. The Bertz CT molecular complexity index is 812. The van der Waals surface area contributed by atoms with Crippen LogP contribution in [0.4, 0.5) is 0 Å². The maximum Gasteiger partial charge on any atom is 0.252 e. The van der Waals surface area contributed by atoms with E-state index in [1.54, 1.807) is 6.07 Å². The van der Waals surface area contributed by atoms with Gasteiger partial charge in [0.2, 0.25) is 0 Å². The molecule has 1 unspecified atom stereocenters. The van der Waals surface area contributed by atoms with Crippen molar-refractivity contribution in [2.75, 3.05) is 7.05 Å². The summed E-state index contributed by atoms with van der Waals surface area (Å²) in [4.78, 5) is 15.6. The Balaban J connectivity index is 1.69. The topological polar surface area (TPSA) is 32.3 Å². The highest BCUT2D eigenvalue weighted by Crippen LogP contribution is 2.51. The van der Waals surface area contributed by atoms with E-state index in [0.717, 1.165) is 18.4 Å². The lowest BCUT2D eigenvalue weighted by Gasteiger charge is -2.41. The van der Waals surface area contributed by atoms with Gasteiger partial charge in [0, 0.05) is 22.2 Å². The van der Waals surface area contributed by atoms with Crippen molar-refractivity contribution in [1.29, 1.82) is 0 Å². The molecule has 0 saturated carbocycles. The van der Waals surface area contributed by atoms with E-state index in [-0.39, 0.29) is 17.5 Å². The lowest BCUT2D eigenvalue weighted by Crippen LogP contribution is -2.51. The number of hydrogen-bond acceptors (Lipinski definition) is 2. The largest absolute Gasteiger partial charge is 0.343 e. The van der Waals surface area contributed by atoms with Crippen molar-refractivity contribution in [2.45, 2.75) is 50.2 Å². The third-order valence-corrected chi connectivity index (χ3v) is 6.68. The van der Waals surface area contributed by atoms with Crippen LogP contribution in [0.15, 0.2) is 48.5 Å². The van der Waals surface area contributed by atoms with Crippen molar-refractivity contribution < 1.29 is 4.79 Å². The third-order valence-electron chi connectivity index (χ3n) is 6.45. The lowest BCUT2D eigenvalue weighted by atomic mass is 9.78. The van der Waals surface area contributed by atoms with E-state index in [4.69, 9.17) is 11.6 Å². The molecule has 2 aromatic rings. The molecule has 0 radical (unpaired) electrons. The van der Waals surface area contributed by atoms with Crippen LogP contribution in [-0.2, 0) is 0 Å². The molecular formula is C22H25ClN2O. The van der Waals surface area contributed by atoms with Crippen molar-refractivity contribution in [2.24, 2.45) is 0 Å². The summed E-state index contributed by atoms with van der Waals surface area (Å²) in [5.74, 6) is -0.0221. The van der Waals surface area contributed by atoms with Gasteiger partial charge >= 0.3 is 0 Å². The number of rotatable bonds is 4. The highest BCUT2D eigenvalue weighted by atomic mass is 35.5. The molecule has 3 nitrogen and oxygen atoms in total. The number of nitrogens with zero attached hydrogens (tertiary/aromatic N) is 1. The molecule has 0 spiro atoms. The molecule has 136 valence electrons. The first-order valence-electron chi connectivity index (χ1n) is 9.36. The second kappa shape index (κ2) is 6.71. The van der Waals surface area contributed by atoms with Crippen molar-refractivity contribution >= 4 is 17.5 Å². The number of carbonyl (C=O) groups excluding carboxylic acids is 1. The van der Waals surface area contributed by atoms with Crippen LogP contribution in [0, 0.1) is 6.92 Å². The first kappa shape index (κ1) is 17.6. The fraction of sp³-hybridized carbons (Fsp3) is 0.409. The van der Waals surface area contributed by atoms with Crippen LogP contribution in [0.3, 0.4) is 0 Å². The smallest absolute Gasteiger partial charge is 0.252 e. The number of amides is 1. The molecular weight excluding hydrogens is 344 g/mol. The molecule has 26 heavy (non-hydrogen) atoms. The Kier molecular flexibility index (Phi) is 4.54. The Morgan fingerprint density at radius 2 is 1.88 bits per heavy atom. The minimum Gasteiger partial charge on any atom is -0.343 e. The number of likely N-dealkylation sites (N-methyl/N-ethyl adjacent to an activating group) is 1. The SMILES string of the molecule is Cc1cc(Cl)ccc1C(=O)NC(c1ccccc1)C12CCC(CC1)N2C. The van der Waals surface area contributed by atoms with E-state index in [0.29, 0.717) is 16.6 Å². The van der Waals surface area contributed by atoms with Gasteiger partial charge in [-0.1, -0.05) is 41.9 Å². The minimum absolute atomic E-state index is 0.0104. The van der Waals surface area contributed by atoms with Gasteiger partial charge in [-0.3, -0.25) is 9.69 Å². The zero-order valence-corrected chi connectivity index (χ0v) is 16.1. The standard InChI is InChI=1S/C22H25ClN2O/c1-15-14-17(23)8-9-19(15)21(26)24-20(16-6-4-3-5-7-16)22-12-10-18(11-13-22)25(22)2/h3-9,14,18,20H,10-13H2,1-2H3,(H,24,26). The van der Waals surface area contributed by atoms with E-state index < -0.39 is 0 Å². The van der Waals surface area contributed by atoms with E-state index in [1.165, 1.54) is 18.4 Å². The molecule has 0 aliphatic carbocycles. The van der Waals surface area contributed by atoms with Gasteiger partial charge in [0.1, 0.15) is 0 Å². The Labute approximate surface area is 160 Å². The van der Waals surface area contributed by atoms with Gasteiger partial charge < -0.3 is 5.32 Å². The van der Waals surface area contributed by atoms with Gasteiger partial charge in [-0.05, 0) is 69.0 Å². The Morgan fingerprint density at radius 1 is 1.19 bits per heavy atom. The van der Waals surface area contributed by atoms with Gasteiger partial charge in [0.15, 0.2) is 0 Å². The van der Waals surface area contributed by atoms with E-state index in [9.17, 15) is 4.79 Å². The average Bonchev–Trinajstić information content (AvgIpc) is 3.13. The summed E-state index contributed by atoms with van der Waals surface area (Å²) in [5, 5.41) is 4.04. The molecule has 2 aromatic carbocycles. The quantitative estimate of drug-likeness (QED) is 0.844. The van der Waals surface area contributed by atoms with E-state index in [2.05, 4.69) is 41.5 Å². The maximum absolute atomic E-state index is 13.1. The predicted octanol–water partition coefficient (Wildman–Crippen LogP) is 4.75. The molecule has 1 N–H and O–H groups in total. The van der Waals surface area contributed by atoms with Crippen LogP contribution in [0.25, 0.3) is 0 Å². The van der Waals surface area contributed by atoms with E-state index in [1.807, 2.05) is 25.1 Å². The number of benzene rings is 2. The summed E-state index contributed by atoms with van der Waals surface area (Å²) >= 11 is 6.06. The fourth-order valence-electron chi connectivity index (χ4n) is 4.96. The first-order chi connectivity index (χ1) is 12.5. The highest BCUT2D eigenvalue weighted by Gasteiger charge is 2.54. The summed E-state index contributed by atoms with van der Waals surface area (Å²) in [6, 6.07) is 16.5. The van der Waals surface area contributed by atoms with Crippen molar-refractivity contribution in [3.05, 3.63) is 70.2 Å². The van der Waals surface area contributed by atoms with Crippen molar-refractivity contribution in [1.82, 2.24) is 10.2 Å². The predicted molar refractivity (Wildman–Crippen MR) is 106 cm³/mol. The van der Waals surface area contributed by atoms with Crippen molar-refractivity contribution in [3.63, 3.8) is 0 Å². The normalized spacial score (nSPS) is 26.0. The molecule has 1 amide bonds. The van der Waals surface area contributed by atoms with Crippen LogP contribution in [-0.4, -0.2) is 29.4 Å². The zero-order valence-electron chi connectivity index (χ0n) is 15.3. The summed E-state index contributed by atoms with van der Waals surface area (Å²) in [5.41, 5.74) is 2.80. The van der Waals surface area contributed by atoms with Crippen LogP contribution < -0.4 is 5.32 Å². The van der Waals surface area contributed by atoms with Crippen LogP contribution >= 0.6 is 11.6 Å². The molecule has 0 aromatic heterocycles. The van der Waals surface area contributed by atoms with Gasteiger partial charge in [0.05, 0.1) is 6.04 Å². The first-order valence-corrected chi connectivity index (χ1v) is 9.74. The van der Waals surface area contributed by atoms with Gasteiger partial charge in [0.25, 0.3) is 5.91 Å². The molecule has 1 atom stereocenters. The molecule has 2 aliphatic heterocycles. The average molecular weight is 369 g/mol. The molecule has 2 aliphatic rings. The highest BCUT2D eigenvalue weighted by molar-refractivity contribution is 6.30.